The lowest BCUT2D eigenvalue weighted by atomic mass is 10.3. The van der Waals surface area contributed by atoms with Crippen LogP contribution in [0.5, 0.6) is 0 Å². The largest absolute Gasteiger partial charge is 0.446 e. The maximum absolute atomic E-state index is 11.5. The molecule has 8 heteroatoms. The van der Waals surface area contributed by atoms with Crippen LogP contribution in [0.3, 0.4) is 0 Å². The summed E-state index contributed by atoms with van der Waals surface area (Å²) in [7, 11) is 0. The molecule has 0 aromatic carbocycles. The van der Waals surface area contributed by atoms with Crippen LogP contribution in [0.1, 0.15) is 32.6 Å². The highest BCUT2D eigenvalue weighted by molar-refractivity contribution is 6.12. The molecule has 144 valence electrons. The summed E-state index contributed by atoms with van der Waals surface area (Å²) >= 11 is 0. The fraction of sp³-hybridized carbons (Fsp3) is 0.824. The third-order valence-electron chi connectivity index (χ3n) is 3.37. The van der Waals surface area contributed by atoms with Gasteiger partial charge in [0.2, 0.25) is 6.10 Å². The second kappa shape index (κ2) is 13.9. The van der Waals surface area contributed by atoms with E-state index in [-0.39, 0.29) is 37.4 Å². The summed E-state index contributed by atoms with van der Waals surface area (Å²) in [5, 5.41) is 0. The summed E-state index contributed by atoms with van der Waals surface area (Å²) in [4.78, 5) is 34.2. The van der Waals surface area contributed by atoms with E-state index in [0.717, 1.165) is 13.0 Å². The van der Waals surface area contributed by atoms with Crippen LogP contribution in [-0.2, 0) is 38.1 Å². The van der Waals surface area contributed by atoms with Crippen molar-refractivity contribution in [2.75, 3.05) is 52.9 Å². The molecule has 0 radical (unpaired) electrons. The number of Topliss-reactive ketones (excluding diaryl/α,β-unsaturated/α-hetero) is 2. The van der Waals surface area contributed by atoms with Gasteiger partial charge in [-0.3, -0.25) is 14.4 Å². The highest BCUT2D eigenvalue weighted by atomic mass is 16.6. The minimum absolute atomic E-state index is 0.00205. The fourth-order valence-corrected chi connectivity index (χ4v) is 2.07. The highest BCUT2D eigenvalue weighted by Gasteiger charge is 2.35. The van der Waals surface area contributed by atoms with Gasteiger partial charge in [-0.1, -0.05) is 6.92 Å². The Morgan fingerprint density at radius 2 is 1.24 bits per heavy atom. The van der Waals surface area contributed by atoms with Gasteiger partial charge in [0.05, 0.1) is 52.7 Å². The minimum atomic E-state index is -1.21. The van der Waals surface area contributed by atoms with E-state index in [9.17, 15) is 14.4 Å². The maximum atomic E-state index is 11.5. The van der Waals surface area contributed by atoms with Crippen LogP contribution in [0.25, 0.3) is 0 Å². The lowest BCUT2D eigenvalue weighted by molar-refractivity contribution is -0.158. The molecule has 0 saturated heterocycles. The van der Waals surface area contributed by atoms with E-state index in [2.05, 4.69) is 6.92 Å². The number of hydrogen-bond acceptors (Lipinski definition) is 8. The molecule has 0 heterocycles. The Labute approximate surface area is 148 Å². The predicted molar refractivity (Wildman–Crippen MR) is 87.3 cm³/mol. The third-order valence-corrected chi connectivity index (χ3v) is 3.37. The smallest absolute Gasteiger partial charge is 0.309 e. The molecule has 0 aromatic rings. The lowest BCUT2D eigenvalue weighted by Gasteiger charge is -2.09. The summed E-state index contributed by atoms with van der Waals surface area (Å²) in [5.41, 5.74) is 0. The van der Waals surface area contributed by atoms with Gasteiger partial charge in [0, 0.05) is 19.4 Å². The number of esters is 1. The van der Waals surface area contributed by atoms with Crippen molar-refractivity contribution in [1.82, 2.24) is 0 Å². The zero-order chi connectivity index (χ0) is 18.3. The Balaban J connectivity index is 1.84. The van der Waals surface area contributed by atoms with E-state index in [4.69, 9.17) is 23.7 Å². The third kappa shape index (κ3) is 10.3. The van der Waals surface area contributed by atoms with Crippen molar-refractivity contribution in [2.45, 2.75) is 38.7 Å². The van der Waals surface area contributed by atoms with Crippen molar-refractivity contribution in [3.05, 3.63) is 0 Å². The molecule has 25 heavy (non-hydrogen) atoms. The quantitative estimate of drug-likeness (QED) is 0.239. The SMILES string of the molecule is CCCOCCOCCOCCOCCC(=O)OC1C(=O)CCC1=O. The van der Waals surface area contributed by atoms with Crippen molar-refractivity contribution in [3.8, 4) is 0 Å². The van der Waals surface area contributed by atoms with Crippen LogP contribution in [0.15, 0.2) is 0 Å². The number of ether oxygens (including phenoxy) is 5. The Bertz CT molecular complexity index is 393. The number of rotatable bonds is 15. The van der Waals surface area contributed by atoms with Gasteiger partial charge in [-0.15, -0.1) is 0 Å². The van der Waals surface area contributed by atoms with Crippen LogP contribution >= 0.6 is 0 Å². The average Bonchev–Trinajstić information content (AvgIpc) is 2.91. The first-order chi connectivity index (χ1) is 12.1. The molecule has 0 aromatic heterocycles. The monoisotopic (exact) mass is 360 g/mol. The van der Waals surface area contributed by atoms with E-state index in [1.54, 1.807) is 0 Å². The van der Waals surface area contributed by atoms with Crippen molar-refractivity contribution < 1.29 is 38.1 Å². The van der Waals surface area contributed by atoms with Crippen molar-refractivity contribution in [3.63, 3.8) is 0 Å². The topological polar surface area (TPSA) is 97.4 Å². The molecule has 0 N–H and O–H groups in total. The Kier molecular flexibility index (Phi) is 12.0. The van der Waals surface area contributed by atoms with Gasteiger partial charge in [-0.05, 0) is 6.42 Å². The first kappa shape index (κ1) is 21.7. The summed E-state index contributed by atoms with van der Waals surface area (Å²) < 4.78 is 26.0. The van der Waals surface area contributed by atoms with E-state index >= 15 is 0 Å². The van der Waals surface area contributed by atoms with Crippen LogP contribution in [0.2, 0.25) is 0 Å². The van der Waals surface area contributed by atoms with Gasteiger partial charge in [0.1, 0.15) is 0 Å². The molecule has 0 unspecified atom stereocenters. The molecule has 8 nitrogen and oxygen atoms in total. The van der Waals surface area contributed by atoms with Gasteiger partial charge in [-0.25, -0.2) is 0 Å². The highest BCUT2D eigenvalue weighted by Crippen LogP contribution is 2.14. The van der Waals surface area contributed by atoms with Crippen LogP contribution in [0.4, 0.5) is 0 Å². The molecule has 0 spiro atoms. The Hall–Kier alpha value is -1.35. The van der Waals surface area contributed by atoms with Crippen molar-refractivity contribution in [1.29, 1.82) is 0 Å². The zero-order valence-corrected chi connectivity index (χ0v) is 14.8. The molecule has 1 saturated carbocycles. The first-order valence-electron chi connectivity index (χ1n) is 8.71. The normalized spacial score (nSPS) is 15.1. The van der Waals surface area contributed by atoms with Gasteiger partial charge in [-0.2, -0.15) is 0 Å². The van der Waals surface area contributed by atoms with Gasteiger partial charge in [0.15, 0.2) is 11.6 Å². The predicted octanol–water partition coefficient (Wildman–Crippen LogP) is 0.697. The van der Waals surface area contributed by atoms with E-state index in [0.29, 0.717) is 39.6 Å². The first-order valence-corrected chi connectivity index (χ1v) is 8.71. The fourth-order valence-electron chi connectivity index (χ4n) is 2.07. The molecule has 0 aliphatic heterocycles. The van der Waals surface area contributed by atoms with Crippen molar-refractivity contribution >= 4 is 17.5 Å². The minimum Gasteiger partial charge on any atom is -0.446 e. The van der Waals surface area contributed by atoms with Crippen LogP contribution < -0.4 is 0 Å². The lowest BCUT2D eigenvalue weighted by Crippen LogP contribution is -2.28. The molecular weight excluding hydrogens is 332 g/mol. The molecular formula is C17H28O8. The summed E-state index contributed by atoms with van der Waals surface area (Å²) in [6, 6.07) is 0. The molecule has 1 rings (SSSR count). The van der Waals surface area contributed by atoms with Gasteiger partial charge < -0.3 is 23.7 Å². The van der Waals surface area contributed by atoms with Gasteiger partial charge in [0.25, 0.3) is 0 Å². The van der Waals surface area contributed by atoms with E-state index < -0.39 is 12.1 Å². The molecule has 1 aliphatic rings. The zero-order valence-electron chi connectivity index (χ0n) is 14.8. The van der Waals surface area contributed by atoms with Crippen molar-refractivity contribution in [2.24, 2.45) is 0 Å². The van der Waals surface area contributed by atoms with Crippen LogP contribution in [-0.4, -0.2) is 76.5 Å². The number of ketones is 2. The van der Waals surface area contributed by atoms with E-state index in [1.165, 1.54) is 0 Å². The second-order valence-electron chi connectivity index (χ2n) is 5.50. The summed E-state index contributed by atoms with van der Waals surface area (Å²) in [5.74, 6) is -1.26. The van der Waals surface area contributed by atoms with Gasteiger partial charge >= 0.3 is 5.97 Å². The molecule has 0 amide bonds. The molecule has 1 aliphatic carbocycles. The average molecular weight is 360 g/mol. The standard InChI is InChI=1S/C17H28O8/c1-2-6-21-8-10-23-12-13-24-11-9-22-7-5-16(20)25-17-14(18)3-4-15(17)19/h17H,2-13H2,1H3. The summed E-state index contributed by atoms with van der Waals surface area (Å²) in [6.45, 7) is 5.78. The number of carbonyl (C=O) groups excluding carboxylic acids is 3. The number of carbonyl (C=O) groups is 3. The Morgan fingerprint density at radius 1 is 0.800 bits per heavy atom. The number of hydrogen-bond donors (Lipinski definition) is 0. The van der Waals surface area contributed by atoms with E-state index in [1.807, 2.05) is 0 Å². The Morgan fingerprint density at radius 3 is 1.72 bits per heavy atom. The molecule has 0 bridgehead atoms. The second-order valence-corrected chi connectivity index (χ2v) is 5.50. The molecule has 1 fully saturated rings. The van der Waals surface area contributed by atoms with Crippen LogP contribution in [0, 0.1) is 0 Å². The molecule has 0 atom stereocenters. The summed E-state index contributed by atoms with van der Waals surface area (Å²) in [6.07, 6.45) is 0.0960. The maximum Gasteiger partial charge on any atom is 0.309 e.